The van der Waals surface area contributed by atoms with Crippen LogP contribution in [0.25, 0.3) is 0 Å². The van der Waals surface area contributed by atoms with E-state index in [9.17, 15) is 8.42 Å². The van der Waals surface area contributed by atoms with Crippen LogP contribution in [0.4, 0.5) is 5.13 Å². The number of hydrogen-bond acceptors (Lipinski definition) is 7. The summed E-state index contributed by atoms with van der Waals surface area (Å²) in [4.78, 5) is 2.19. The Morgan fingerprint density at radius 1 is 1.48 bits per heavy atom. The van der Waals surface area contributed by atoms with Gasteiger partial charge in [-0.1, -0.05) is 11.3 Å². The molecule has 0 unspecified atom stereocenters. The third kappa shape index (κ3) is 3.53. The second kappa shape index (κ2) is 5.45. The first kappa shape index (κ1) is 15.1. The average molecular weight is 332 g/mol. The van der Waals surface area contributed by atoms with Crippen molar-refractivity contribution in [1.82, 2.24) is 14.9 Å². The zero-order chi connectivity index (χ0) is 15.1. The van der Waals surface area contributed by atoms with Crippen molar-refractivity contribution in [3.63, 3.8) is 0 Å². The number of nitrogens with zero attached hydrogens (tertiary/aromatic N) is 3. The summed E-state index contributed by atoms with van der Waals surface area (Å²) in [6.07, 6.45) is 3.15. The minimum Gasteiger partial charge on any atom is -0.371 e. The monoisotopic (exact) mass is 332 g/mol. The highest BCUT2D eigenvalue weighted by Gasteiger charge is 2.47. The Labute approximate surface area is 128 Å². The minimum absolute atomic E-state index is 0.0683. The van der Waals surface area contributed by atoms with Gasteiger partial charge < -0.3 is 9.64 Å². The Kier molecular flexibility index (Phi) is 3.93. The molecular weight excluding hydrogens is 312 g/mol. The quantitative estimate of drug-likeness (QED) is 0.858. The maximum Gasteiger partial charge on any atom is 0.208 e. The molecule has 1 aromatic heterocycles. The van der Waals surface area contributed by atoms with Gasteiger partial charge >= 0.3 is 0 Å². The fourth-order valence-corrected chi connectivity index (χ4v) is 4.02. The van der Waals surface area contributed by atoms with Crippen molar-refractivity contribution >= 4 is 26.5 Å². The molecule has 1 aromatic rings. The summed E-state index contributed by atoms with van der Waals surface area (Å²) < 4.78 is 30.8. The van der Waals surface area contributed by atoms with Gasteiger partial charge in [-0.15, -0.1) is 10.2 Å². The lowest BCUT2D eigenvalue weighted by atomic mass is 9.83. The first-order valence-electron chi connectivity index (χ1n) is 6.99. The maximum absolute atomic E-state index is 11.1. The zero-order valence-corrected chi connectivity index (χ0v) is 13.8. The predicted molar refractivity (Wildman–Crippen MR) is 81.1 cm³/mol. The molecule has 0 radical (unpaired) electrons. The summed E-state index contributed by atoms with van der Waals surface area (Å²) in [5, 5.41) is 10.1. The zero-order valence-electron chi connectivity index (χ0n) is 12.2. The van der Waals surface area contributed by atoms with Crippen molar-refractivity contribution in [3.05, 3.63) is 5.01 Å². The van der Waals surface area contributed by atoms with E-state index in [0.29, 0.717) is 13.2 Å². The summed E-state index contributed by atoms with van der Waals surface area (Å²) >= 11 is 1.60. The second-order valence-corrected chi connectivity index (χ2v) is 8.97. The van der Waals surface area contributed by atoms with Crippen LogP contribution in [0.3, 0.4) is 0 Å². The normalized spacial score (nSPS) is 25.0. The maximum atomic E-state index is 11.1. The third-order valence-electron chi connectivity index (χ3n) is 4.01. The predicted octanol–water partition coefficient (Wildman–Crippen LogP) is 0.381. The third-order valence-corrected chi connectivity index (χ3v) is 5.60. The molecule has 21 heavy (non-hydrogen) atoms. The highest BCUT2D eigenvalue weighted by Crippen LogP contribution is 2.39. The van der Waals surface area contributed by atoms with Gasteiger partial charge in [-0.25, -0.2) is 13.1 Å². The summed E-state index contributed by atoms with van der Waals surface area (Å²) in [5.74, 6) is 0.267. The van der Waals surface area contributed by atoms with E-state index in [1.165, 1.54) is 6.26 Å². The SMILES string of the molecule is Cc1nnc(N2CC3(CC[C@H](CNS(C)(=O)=O)CO3)C2)s1. The highest BCUT2D eigenvalue weighted by atomic mass is 32.2. The largest absolute Gasteiger partial charge is 0.371 e. The Morgan fingerprint density at radius 3 is 2.76 bits per heavy atom. The molecule has 2 aliphatic heterocycles. The van der Waals surface area contributed by atoms with Crippen LogP contribution >= 0.6 is 11.3 Å². The Bertz CT molecular complexity index is 600. The van der Waals surface area contributed by atoms with Gasteiger partial charge in [-0.2, -0.15) is 0 Å². The smallest absolute Gasteiger partial charge is 0.208 e. The molecule has 1 atom stereocenters. The van der Waals surface area contributed by atoms with Crippen molar-refractivity contribution in [2.75, 3.05) is 37.4 Å². The van der Waals surface area contributed by atoms with E-state index < -0.39 is 10.0 Å². The van der Waals surface area contributed by atoms with E-state index in [4.69, 9.17) is 4.74 Å². The molecule has 3 heterocycles. The van der Waals surface area contributed by atoms with Gasteiger partial charge in [0.25, 0.3) is 0 Å². The fraction of sp³-hybridized carbons (Fsp3) is 0.833. The molecule has 118 valence electrons. The lowest BCUT2D eigenvalue weighted by Gasteiger charge is -2.52. The van der Waals surface area contributed by atoms with Crippen molar-refractivity contribution in [2.45, 2.75) is 25.4 Å². The van der Waals surface area contributed by atoms with Gasteiger partial charge in [0.1, 0.15) is 10.6 Å². The first-order chi connectivity index (χ1) is 9.85. The summed E-state index contributed by atoms with van der Waals surface area (Å²) in [7, 11) is -3.11. The molecule has 0 saturated carbocycles. The number of nitrogens with one attached hydrogen (secondary N) is 1. The lowest BCUT2D eigenvalue weighted by molar-refractivity contribution is -0.114. The second-order valence-electron chi connectivity index (χ2n) is 5.98. The molecule has 0 amide bonds. The number of aromatic nitrogens is 2. The van der Waals surface area contributed by atoms with E-state index in [1.807, 2.05) is 6.92 Å². The highest BCUT2D eigenvalue weighted by molar-refractivity contribution is 7.88. The number of hydrogen-bond donors (Lipinski definition) is 1. The van der Waals surface area contributed by atoms with Crippen LogP contribution in [0.15, 0.2) is 0 Å². The molecular formula is C12H20N4O3S2. The molecule has 0 bridgehead atoms. The topological polar surface area (TPSA) is 84.4 Å². The lowest BCUT2D eigenvalue weighted by Crippen LogP contribution is -2.65. The van der Waals surface area contributed by atoms with Crippen molar-refractivity contribution in [3.8, 4) is 0 Å². The first-order valence-corrected chi connectivity index (χ1v) is 9.70. The van der Waals surface area contributed by atoms with Crippen molar-refractivity contribution in [2.24, 2.45) is 5.92 Å². The fourth-order valence-electron chi connectivity index (χ4n) is 2.80. The molecule has 1 N–H and O–H groups in total. The summed E-state index contributed by atoms with van der Waals surface area (Å²) in [6, 6.07) is 0. The van der Waals surface area contributed by atoms with Gasteiger partial charge in [-0.05, 0) is 25.7 Å². The van der Waals surface area contributed by atoms with Crippen LogP contribution in [-0.2, 0) is 14.8 Å². The van der Waals surface area contributed by atoms with Gasteiger partial charge in [0.05, 0.1) is 26.0 Å². The van der Waals surface area contributed by atoms with E-state index in [2.05, 4.69) is 19.8 Å². The Morgan fingerprint density at radius 2 is 2.24 bits per heavy atom. The molecule has 1 spiro atoms. The number of aryl methyl sites for hydroxylation is 1. The van der Waals surface area contributed by atoms with Crippen molar-refractivity contribution in [1.29, 1.82) is 0 Å². The molecule has 3 rings (SSSR count). The van der Waals surface area contributed by atoms with Gasteiger partial charge in [-0.3, -0.25) is 0 Å². The number of rotatable bonds is 4. The number of sulfonamides is 1. The van der Waals surface area contributed by atoms with Gasteiger partial charge in [0, 0.05) is 6.54 Å². The van der Waals surface area contributed by atoms with E-state index in [-0.39, 0.29) is 11.5 Å². The molecule has 0 aliphatic carbocycles. The molecule has 9 heteroatoms. The van der Waals surface area contributed by atoms with Crippen LogP contribution in [0, 0.1) is 12.8 Å². The van der Waals surface area contributed by atoms with Crippen LogP contribution in [0.5, 0.6) is 0 Å². The average Bonchev–Trinajstić information content (AvgIpc) is 2.80. The van der Waals surface area contributed by atoms with Gasteiger partial charge in [0.2, 0.25) is 15.2 Å². The minimum atomic E-state index is -3.11. The summed E-state index contributed by atoms with van der Waals surface area (Å²) in [6.45, 7) is 4.74. The summed E-state index contributed by atoms with van der Waals surface area (Å²) in [5.41, 5.74) is -0.0683. The Hall–Kier alpha value is -0.770. The molecule has 2 saturated heterocycles. The Balaban J connectivity index is 1.47. The van der Waals surface area contributed by atoms with Crippen LogP contribution < -0.4 is 9.62 Å². The van der Waals surface area contributed by atoms with Crippen LogP contribution in [0.2, 0.25) is 0 Å². The van der Waals surface area contributed by atoms with E-state index in [0.717, 1.165) is 36.1 Å². The van der Waals surface area contributed by atoms with E-state index >= 15 is 0 Å². The van der Waals surface area contributed by atoms with Crippen molar-refractivity contribution < 1.29 is 13.2 Å². The van der Waals surface area contributed by atoms with Crippen LogP contribution in [-0.4, -0.2) is 56.7 Å². The standard InChI is InChI=1S/C12H20N4O3S2/c1-9-14-15-11(20-9)16-7-12(8-16)4-3-10(6-19-12)5-13-21(2,17)18/h10,13H,3-8H2,1-2H3/t10-/m1/s1. The van der Waals surface area contributed by atoms with E-state index in [1.54, 1.807) is 11.3 Å². The number of ether oxygens (including phenoxy) is 1. The number of anilines is 1. The molecule has 7 nitrogen and oxygen atoms in total. The molecule has 2 aliphatic rings. The van der Waals surface area contributed by atoms with Crippen LogP contribution in [0.1, 0.15) is 17.8 Å². The molecule has 2 fully saturated rings. The van der Waals surface area contributed by atoms with Gasteiger partial charge in [0.15, 0.2) is 0 Å². The molecule has 0 aromatic carbocycles.